The first-order valence-electron chi connectivity index (χ1n) is 7.83. The second-order valence-corrected chi connectivity index (χ2v) is 6.39. The van der Waals surface area contributed by atoms with Gasteiger partial charge >= 0.3 is 5.97 Å². The maximum Gasteiger partial charge on any atom is 0.313 e. The van der Waals surface area contributed by atoms with Crippen LogP contribution in [0.5, 0.6) is 11.5 Å². The number of ether oxygens (including phenoxy) is 3. The number of aliphatic carboxylic acids is 1. The molecule has 0 radical (unpaired) electrons. The van der Waals surface area contributed by atoms with Crippen molar-refractivity contribution in [3.8, 4) is 11.5 Å². The quantitative estimate of drug-likeness (QED) is 0.889. The molecule has 6 heteroatoms. The molecule has 2 aliphatic rings. The van der Waals surface area contributed by atoms with Crippen LogP contribution < -0.4 is 9.47 Å². The lowest BCUT2D eigenvalue weighted by Gasteiger charge is -2.34. The summed E-state index contributed by atoms with van der Waals surface area (Å²) in [6.07, 6.45) is 0.810. The molecule has 1 N–H and O–H groups in total. The minimum Gasteiger partial charge on any atom is -0.497 e. The van der Waals surface area contributed by atoms with Gasteiger partial charge in [-0.15, -0.1) is 0 Å². The highest BCUT2D eigenvalue weighted by Crippen LogP contribution is 2.42. The Hall–Kier alpha value is -1.79. The summed E-state index contributed by atoms with van der Waals surface area (Å²) in [6.45, 7) is 2.95. The molecule has 6 nitrogen and oxygen atoms in total. The van der Waals surface area contributed by atoms with E-state index in [1.54, 1.807) is 14.2 Å². The van der Waals surface area contributed by atoms with Gasteiger partial charge in [0.2, 0.25) is 0 Å². The van der Waals surface area contributed by atoms with Crippen molar-refractivity contribution < 1.29 is 24.1 Å². The second-order valence-electron chi connectivity index (χ2n) is 6.39. The Balaban J connectivity index is 1.78. The van der Waals surface area contributed by atoms with Crippen molar-refractivity contribution in [2.45, 2.75) is 13.0 Å². The molecule has 0 bridgehead atoms. The monoisotopic (exact) mass is 321 g/mol. The first kappa shape index (κ1) is 16.1. The molecule has 2 heterocycles. The van der Waals surface area contributed by atoms with Crippen molar-refractivity contribution in [2.75, 3.05) is 40.5 Å². The van der Waals surface area contributed by atoms with Crippen molar-refractivity contribution in [1.29, 1.82) is 0 Å². The Morgan fingerprint density at radius 1 is 1.35 bits per heavy atom. The lowest BCUT2D eigenvalue weighted by Crippen LogP contribution is -2.46. The first-order chi connectivity index (χ1) is 11.1. The summed E-state index contributed by atoms with van der Waals surface area (Å²) in [5.74, 6) is 0.897. The molecule has 1 aromatic carbocycles. The van der Waals surface area contributed by atoms with Gasteiger partial charge in [-0.05, 0) is 30.0 Å². The first-order valence-corrected chi connectivity index (χ1v) is 7.83. The van der Waals surface area contributed by atoms with E-state index in [2.05, 4.69) is 4.90 Å². The molecule has 0 unspecified atom stereocenters. The number of carbonyl (C=O) groups is 1. The SMILES string of the molecule is COc1cc(CN2C[C@@H]3CCOC[C@]3(C(=O)O)C2)cc(OC)c1. The molecule has 3 rings (SSSR count). The highest BCUT2D eigenvalue weighted by molar-refractivity contribution is 5.76. The van der Waals surface area contributed by atoms with Gasteiger partial charge in [-0.1, -0.05) is 0 Å². The number of methoxy groups -OCH3 is 2. The average Bonchev–Trinajstić information content (AvgIpc) is 2.93. The van der Waals surface area contributed by atoms with Crippen LogP contribution in [-0.2, 0) is 16.1 Å². The van der Waals surface area contributed by atoms with Crippen LogP contribution >= 0.6 is 0 Å². The number of fused-ring (bicyclic) bond motifs is 1. The third kappa shape index (κ3) is 3.01. The predicted octanol–water partition coefficient (Wildman–Crippen LogP) is 1.63. The van der Waals surface area contributed by atoms with E-state index < -0.39 is 11.4 Å². The van der Waals surface area contributed by atoms with Crippen LogP contribution in [0.4, 0.5) is 0 Å². The molecule has 1 aromatic rings. The van der Waals surface area contributed by atoms with E-state index in [0.29, 0.717) is 26.3 Å². The predicted molar refractivity (Wildman–Crippen MR) is 83.8 cm³/mol. The number of rotatable bonds is 5. The minimum absolute atomic E-state index is 0.154. The van der Waals surface area contributed by atoms with E-state index in [1.807, 2.05) is 18.2 Å². The van der Waals surface area contributed by atoms with Gasteiger partial charge in [-0.3, -0.25) is 9.69 Å². The lowest BCUT2D eigenvalue weighted by atomic mass is 9.76. The highest BCUT2D eigenvalue weighted by Gasteiger charge is 2.53. The van der Waals surface area contributed by atoms with E-state index in [1.165, 1.54) is 0 Å². The number of hydrogen-bond acceptors (Lipinski definition) is 5. The Labute approximate surface area is 135 Å². The summed E-state index contributed by atoms with van der Waals surface area (Å²) in [5.41, 5.74) is 0.294. The Bertz CT molecular complexity index is 568. The maximum atomic E-state index is 11.8. The number of likely N-dealkylation sites (tertiary alicyclic amines) is 1. The van der Waals surface area contributed by atoms with Gasteiger partial charge in [0, 0.05) is 32.3 Å². The highest BCUT2D eigenvalue weighted by atomic mass is 16.5. The molecule has 0 aliphatic carbocycles. The zero-order valence-electron chi connectivity index (χ0n) is 13.6. The number of carboxylic acid groups (broad SMARTS) is 1. The zero-order valence-corrected chi connectivity index (χ0v) is 13.6. The zero-order chi connectivity index (χ0) is 16.4. The van der Waals surface area contributed by atoms with Gasteiger partial charge in [0.25, 0.3) is 0 Å². The van der Waals surface area contributed by atoms with Crippen LogP contribution in [0.15, 0.2) is 18.2 Å². The smallest absolute Gasteiger partial charge is 0.313 e. The van der Waals surface area contributed by atoms with Crippen LogP contribution in [0.2, 0.25) is 0 Å². The van der Waals surface area contributed by atoms with E-state index in [-0.39, 0.29) is 5.92 Å². The summed E-state index contributed by atoms with van der Waals surface area (Å²) in [6, 6.07) is 5.77. The Kier molecular flexibility index (Phi) is 4.46. The largest absolute Gasteiger partial charge is 0.497 e. The van der Waals surface area contributed by atoms with Crippen molar-refractivity contribution >= 4 is 5.97 Å². The molecule has 0 amide bonds. The number of nitrogens with zero attached hydrogens (tertiary/aromatic N) is 1. The third-order valence-electron chi connectivity index (χ3n) is 4.98. The molecule has 2 saturated heterocycles. The fraction of sp³-hybridized carbons (Fsp3) is 0.588. The van der Waals surface area contributed by atoms with Crippen molar-refractivity contribution in [2.24, 2.45) is 11.3 Å². The molecule has 2 atom stereocenters. The second kappa shape index (κ2) is 6.37. The number of benzene rings is 1. The molecule has 126 valence electrons. The number of hydrogen-bond donors (Lipinski definition) is 1. The van der Waals surface area contributed by atoms with Gasteiger partial charge in [-0.2, -0.15) is 0 Å². The van der Waals surface area contributed by atoms with Gasteiger partial charge in [-0.25, -0.2) is 0 Å². The summed E-state index contributed by atoms with van der Waals surface area (Å²) < 4.78 is 16.1. The molecule has 2 aliphatic heterocycles. The maximum absolute atomic E-state index is 11.8. The minimum atomic E-state index is -0.763. The molecule has 0 spiro atoms. The molecular weight excluding hydrogens is 298 g/mol. The summed E-state index contributed by atoms with van der Waals surface area (Å²) >= 11 is 0. The van der Waals surface area contributed by atoms with Crippen LogP contribution in [0.1, 0.15) is 12.0 Å². The fourth-order valence-electron chi connectivity index (χ4n) is 3.73. The average molecular weight is 321 g/mol. The summed E-state index contributed by atoms with van der Waals surface area (Å²) in [4.78, 5) is 14.0. The lowest BCUT2D eigenvalue weighted by molar-refractivity contribution is -0.159. The Morgan fingerprint density at radius 2 is 2.04 bits per heavy atom. The summed E-state index contributed by atoms with van der Waals surface area (Å²) in [5, 5.41) is 9.70. The van der Waals surface area contributed by atoms with Crippen LogP contribution in [-0.4, -0.2) is 56.5 Å². The molecule has 0 aromatic heterocycles. The standard InChI is InChI=1S/C17H23NO5/c1-21-14-5-12(6-15(7-14)22-2)8-18-9-13-3-4-23-11-17(13,10-18)16(19)20/h5-7,13H,3-4,8-11H2,1-2H3,(H,19,20)/t13-,17+/m0/s1. The van der Waals surface area contributed by atoms with Gasteiger partial charge in [0.1, 0.15) is 16.9 Å². The molecule has 2 fully saturated rings. The topological polar surface area (TPSA) is 68.2 Å². The molecular formula is C17H23NO5. The van der Waals surface area contributed by atoms with E-state index in [0.717, 1.165) is 30.0 Å². The van der Waals surface area contributed by atoms with Gasteiger partial charge in [0.05, 0.1) is 20.8 Å². The normalized spacial score (nSPS) is 27.5. The van der Waals surface area contributed by atoms with Crippen LogP contribution in [0, 0.1) is 11.3 Å². The number of carboxylic acids is 1. The van der Waals surface area contributed by atoms with Gasteiger partial charge in [0.15, 0.2) is 0 Å². The van der Waals surface area contributed by atoms with Gasteiger partial charge < -0.3 is 19.3 Å². The molecule has 0 saturated carbocycles. The van der Waals surface area contributed by atoms with E-state index >= 15 is 0 Å². The van der Waals surface area contributed by atoms with E-state index in [9.17, 15) is 9.90 Å². The fourth-order valence-corrected chi connectivity index (χ4v) is 3.73. The van der Waals surface area contributed by atoms with E-state index in [4.69, 9.17) is 14.2 Å². The van der Waals surface area contributed by atoms with Crippen LogP contribution in [0.3, 0.4) is 0 Å². The van der Waals surface area contributed by atoms with Crippen molar-refractivity contribution in [3.05, 3.63) is 23.8 Å². The third-order valence-corrected chi connectivity index (χ3v) is 4.98. The summed E-state index contributed by atoms with van der Waals surface area (Å²) in [7, 11) is 3.25. The molecule has 23 heavy (non-hydrogen) atoms. The van der Waals surface area contributed by atoms with Crippen molar-refractivity contribution in [3.63, 3.8) is 0 Å². The Morgan fingerprint density at radius 3 is 2.61 bits per heavy atom. The van der Waals surface area contributed by atoms with Crippen molar-refractivity contribution in [1.82, 2.24) is 4.90 Å². The van der Waals surface area contributed by atoms with Crippen LogP contribution in [0.25, 0.3) is 0 Å².